The van der Waals surface area contributed by atoms with E-state index >= 15 is 4.39 Å². The SMILES string of the molecule is Cc1nc(COc2ccc(F)c(C(=O)NCN3CCC(C)CC3)c2F)sc1-c1ccc(C(C)(C)C)cc1. The molecule has 1 fully saturated rings. The van der Waals surface area contributed by atoms with Gasteiger partial charge in [-0.15, -0.1) is 11.3 Å². The zero-order valence-electron chi connectivity index (χ0n) is 22.2. The summed E-state index contributed by atoms with van der Waals surface area (Å²) in [6.45, 7) is 12.6. The number of hydrogen-bond acceptors (Lipinski definition) is 5. The number of likely N-dealkylation sites (tertiary alicyclic amines) is 1. The topological polar surface area (TPSA) is 54.5 Å². The summed E-state index contributed by atoms with van der Waals surface area (Å²) in [6, 6.07) is 10.7. The molecule has 0 saturated carbocycles. The Morgan fingerprint density at radius 2 is 1.81 bits per heavy atom. The molecule has 0 bridgehead atoms. The van der Waals surface area contributed by atoms with Crippen molar-refractivity contribution in [2.24, 2.45) is 5.92 Å². The van der Waals surface area contributed by atoms with Crippen molar-refractivity contribution in [3.05, 3.63) is 69.9 Å². The van der Waals surface area contributed by atoms with Gasteiger partial charge in [0.25, 0.3) is 5.91 Å². The quantitative estimate of drug-likeness (QED) is 0.372. The number of carbonyl (C=O) groups is 1. The number of thiazole rings is 1. The Morgan fingerprint density at radius 1 is 1.14 bits per heavy atom. The molecular formula is C29H35F2N3O2S. The monoisotopic (exact) mass is 527 g/mol. The number of nitrogens with one attached hydrogen (secondary N) is 1. The molecule has 1 aliphatic heterocycles. The van der Waals surface area contributed by atoms with Crippen LogP contribution in [0.4, 0.5) is 8.78 Å². The Kier molecular flexibility index (Phi) is 8.29. The third kappa shape index (κ3) is 6.54. The second-order valence-electron chi connectivity index (χ2n) is 10.8. The Morgan fingerprint density at radius 3 is 2.46 bits per heavy atom. The van der Waals surface area contributed by atoms with Gasteiger partial charge in [0, 0.05) is 13.1 Å². The standard InChI is InChI=1S/C29H35F2N3O2S/c1-18-12-14-34(15-13-18)17-32-28(35)25-22(30)10-11-23(26(25)31)36-16-24-33-19(2)27(37-24)20-6-8-21(9-7-20)29(3,4)5/h6-11,18H,12-17H2,1-5H3,(H,32,35). The molecule has 0 spiro atoms. The zero-order valence-corrected chi connectivity index (χ0v) is 23.0. The van der Waals surface area contributed by atoms with Gasteiger partial charge in [0.05, 0.1) is 17.2 Å². The van der Waals surface area contributed by atoms with Crippen LogP contribution in [-0.2, 0) is 12.0 Å². The van der Waals surface area contributed by atoms with Crippen LogP contribution in [0.3, 0.4) is 0 Å². The summed E-state index contributed by atoms with van der Waals surface area (Å²) < 4.78 is 35.2. The summed E-state index contributed by atoms with van der Waals surface area (Å²) in [5, 5.41) is 3.32. The van der Waals surface area contributed by atoms with E-state index in [1.165, 1.54) is 23.0 Å². The van der Waals surface area contributed by atoms with Crippen molar-refractivity contribution in [2.75, 3.05) is 19.8 Å². The lowest BCUT2D eigenvalue weighted by Gasteiger charge is -2.30. The molecule has 2 aromatic carbocycles. The highest BCUT2D eigenvalue weighted by Gasteiger charge is 2.23. The molecular weight excluding hydrogens is 492 g/mol. The van der Waals surface area contributed by atoms with E-state index in [4.69, 9.17) is 4.74 Å². The van der Waals surface area contributed by atoms with Gasteiger partial charge in [-0.05, 0) is 54.4 Å². The van der Waals surface area contributed by atoms with Crippen LogP contribution in [0, 0.1) is 24.5 Å². The van der Waals surface area contributed by atoms with Crippen LogP contribution in [0.15, 0.2) is 36.4 Å². The largest absolute Gasteiger partial charge is 0.483 e. The van der Waals surface area contributed by atoms with Gasteiger partial charge in [-0.1, -0.05) is 52.0 Å². The Hall–Kier alpha value is -2.84. The third-order valence-electron chi connectivity index (χ3n) is 6.83. The molecule has 1 amide bonds. The predicted molar refractivity (Wildman–Crippen MR) is 144 cm³/mol. The molecule has 198 valence electrons. The van der Waals surface area contributed by atoms with Gasteiger partial charge in [-0.25, -0.2) is 13.8 Å². The van der Waals surface area contributed by atoms with Gasteiger partial charge in [-0.2, -0.15) is 0 Å². The highest BCUT2D eigenvalue weighted by Crippen LogP contribution is 2.33. The number of aryl methyl sites for hydroxylation is 1. The number of carbonyl (C=O) groups excluding carboxylic acids is 1. The second kappa shape index (κ2) is 11.3. The Labute approximate surface area is 221 Å². The van der Waals surface area contributed by atoms with Crippen LogP contribution in [0.25, 0.3) is 10.4 Å². The van der Waals surface area contributed by atoms with E-state index < -0.39 is 23.1 Å². The number of benzene rings is 2. The van der Waals surface area contributed by atoms with E-state index in [1.807, 2.05) is 6.92 Å². The van der Waals surface area contributed by atoms with Gasteiger partial charge in [0.2, 0.25) is 0 Å². The fourth-order valence-electron chi connectivity index (χ4n) is 4.39. The first-order valence-corrected chi connectivity index (χ1v) is 13.5. The summed E-state index contributed by atoms with van der Waals surface area (Å²) in [5.41, 5.74) is 2.61. The fourth-order valence-corrected chi connectivity index (χ4v) is 5.37. The van der Waals surface area contributed by atoms with Crippen LogP contribution in [0.2, 0.25) is 0 Å². The van der Waals surface area contributed by atoms with Crippen LogP contribution in [0.1, 0.15) is 67.2 Å². The Balaban J connectivity index is 1.42. The van der Waals surface area contributed by atoms with Crippen molar-refractivity contribution < 1.29 is 18.3 Å². The molecule has 8 heteroatoms. The summed E-state index contributed by atoms with van der Waals surface area (Å²) >= 11 is 1.47. The maximum atomic E-state index is 15.1. The predicted octanol–water partition coefficient (Wildman–Crippen LogP) is 6.69. The van der Waals surface area contributed by atoms with Crippen molar-refractivity contribution >= 4 is 17.2 Å². The van der Waals surface area contributed by atoms with Gasteiger partial charge >= 0.3 is 0 Å². The van der Waals surface area contributed by atoms with Crippen LogP contribution >= 0.6 is 11.3 Å². The smallest absolute Gasteiger partial charge is 0.258 e. The molecule has 0 atom stereocenters. The number of nitrogens with zero attached hydrogens (tertiary/aromatic N) is 2. The highest BCUT2D eigenvalue weighted by molar-refractivity contribution is 7.15. The van der Waals surface area contributed by atoms with Crippen molar-refractivity contribution in [2.45, 2.75) is 59.5 Å². The number of aromatic nitrogens is 1. The third-order valence-corrected chi connectivity index (χ3v) is 8.01. The Bertz CT molecular complexity index is 1240. The van der Waals surface area contributed by atoms with Crippen LogP contribution in [-0.4, -0.2) is 35.5 Å². The molecule has 1 N–H and O–H groups in total. The number of amides is 1. The first kappa shape index (κ1) is 27.2. The van der Waals surface area contributed by atoms with Crippen LogP contribution < -0.4 is 10.1 Å². The van der Waals surface area contributed by atoms with E-state index in [0.29, 0.717) is 10.9 Å². The number of rotatable bonds is 7. The van der Waals surface area contributed by atoms with Gasteiger partial charge in [0.15, 0.2) is 11.6 Å². The van der Waals surface area contributed by atoms with Crippen LogP contribution in [0.5, 0.6) is 5.75 Å². The minimum absolute atomic E-state index is 0.0150. The molecule has 4 rings (SSSR count). The van der Waals surface area contributed by atoms with E-state index in [0.717, 1.165) is 48.1 Å². The minimum atomic E-state index is -1.00. The molecule has 5 nitrogen and oxygen atoms in total. The van der Waals surface area contributed by atoms with Crippen molar-refractivity contribution in [1.29, 1.82) is 0 Å². The first-order valence-electron chi connectivity index (χ1n) is 12.7. The lowest BCUT2D eigenvalue weighted by Crippen LogP contribution is -2.42. The maximum Gasteiger partial charge on any atom is 0.258 e. The van der Waals surface area contributed by atoms with Gasteiger partial charge in [-0.3, -0.25) is 9.69 Å². The average Bonchev–Trinajstić information content (AvgIpc) is 3.23. The highest BCUT2D eigenvalue weighted by atomic mass is 32.1. The molecule has 0 unspecified atom stereocenters. The lowest BCUT2D eigenvalue weighted by atomic mass is 9.86. The second-order valence-corrected chi connectivity index (χ2v) is 11.9. The van der Waals surface area contributed by atoms with E-state index in [2.05, 4.69) is 67.2 Å². The fraction of sp³-hybridized carbons (Fsp3) is 0.448. The van der Waals surface area contributed by atoms with Crippen molar-refractivity contribution in [3.63, 3.8) is 0 Å². The maximum absolute atomic E-state index is 15.1. The van der Waals surface area contributed by atoms with E-state index in [9.17, 15) is 9.18 Å². The van der Waals surface area contributed by atoms with E-state index in [-0.39, 0.29) is 24.4 Å². The number of piperidine rings is 1. The summed E-state index contributed by atoms with van der Waals surface area (Å²) in [4.78, 5) is 20.3. The number of ether oxygens (including phenoxy) is 1. The normalized spacial score (nSPS) is 15.1. The number of halogens is 2. The average molecular weight is 528 g/mol. The number of hydrogen-bond donors (Lipinski definition) is 1. The first-order chi connectivity index (χ1) is 17.5. The minimum Gasteiger partial charge on any atom is -0.483 e. The van der Waals surface area contributed by atoms with E-state index in [1.54, 1.807) is 0 Å². The molecule has 1 saturated heterocycles. The molecule has 0 radical (unpaired) electrons. The molecule has 0 aliphatic carbocycles. The summed E-state index contributed by atoms with van der Waals surface area (Å²) in [7, 11) is 0. The van der Waals surface area contributed by atoms with Gasteiger partial charge < -0.3 is 10.1 Å². The molecule has 3 aromatic rings. The lowest BCUT2D eigenvalue weighted by molar-refractivity contribution is 0.0896. The molecule has 37 heavy (non-hydrogen) atoms. The molecule has 2 heterocycles. The zero-order chi connectivity index (χ0) is 26.7. The summed E-state index contributed by atoms with van der Waals surface area (Å²) in [5.74, 6) is -2.23. The van der Waals surface area contributed by atoms with Crippen molar-refractivity contribution in [1.82, 2.24) is 15.2 Å². The van der Waals surface area contributed by atoms with Crippen molar-refractivity contribution in [3.8, 4) is 16.2 Å². The van der Waals surface area contributed by atoms with Gasteiger partial charge in [0.1, 0.15) is 23.0 Å². The molecule has 1 aromatic heterocycles. The summed E-state index contributed by atoms with van der Waals surface area (Å²) in [6.07, 6.45) is 2.09. The molecule has 1 aliphatic rings.